The minimum absolute atomic E-state index is 0.386. The summed E-state index contributed by atoms with van der Waals surface area (Å²) in [5.41, 5.74) is 3.49. The molecule has 0 bridgehead atoms. The van der Waals surface area contributed by atoms with Crippen molar-refractivity contribution in [3.63, 3.8) is 0 Å². The Morgan fingerprint density at radius 1 is 1.25 bits per heavy atom. The summed E-state index contributed by atoms with van der Waals surface area (Å²) >= 11 is 0. The van der Waals surface area contributed by atoms with Crippen LogP contribution in [0.3, 0.4) is 0 Å². The fourth-order valence-corrected chi connectivity index (χ4v) is 2.18. The van der Waals surface area contributed by atoms with E-state index in [1.54, 1.807) is 11.1 Å². The Labute approximate surface area is 74.6 Å². The van der Waals surface area contributed by atoms with Gasteiger partial charge in [-0.05, 0) is 28.9 Å². The van der Waals surface area contributed by atoms with E-state index in [1.165, 1.54) is 6.42 Å². The van der Waals surface area contributed by atoms with Gasteiger partial charge in [0, 0.05) is 0 Å². The lowest BCUT2D eigenvalue weighted by Crippen LogP contribution is -2.21. The van der Waals surface area contributed by atoms with Crippen molar-refractivity contribution in [3.8, 4) is 0 Å². The van der Waals surface area contributed by atoms with E-state index < -0.39 is 0 Å². The molecular formula is C12H16. The molecule has 0 saturated heterocycles. The van der Waals surface area contributed by atoms with E-state index in [9.17, 15) is 0 Å². The number of rotatable bonds is 0. The third-order valence-electron chi connectivity index (χ3n) is 3.47. The van der Waals surface area contributed by atoms with Gasteiger partial charge in [-0.15, -0.1) is 0 Å². The Bertz CT molecular complexity index is 297. The minimum atomic E-state index is 0.386. The molecule has 0 aromatic heterocycles. The van der Waals surface area contributed by atoms with Crippen molar-refractivity contribution in [1.82, 2.24) is 0 Å². The maximum atomic E-state index is 2.35. The number of benzene rings is 1. The van der Waals surface area contributed by atoms with Crippen molar-refractivity contribution in [3.05, 3.63) is 35.4 Å². The molecule has 0 fully saturated rings. The van der Waals surface area contributed by atoms with Crippen molar-refractivity contribution in [2.24, 2.45) is 5.92 Å². The molecule has 0 heteroatoms. The maximum Gasteiger partial charge on any atom is -0.00721 e. The SMILES string of the molecule is CC1Cc2ccccc2C1(C)C. The highest BCUT2D eigenvalue weighted by atomic mass is 14.4. The van der Waals surface area contributed by atoms with Crippen LogP contribution < -0.4 is 0 Å². The van der Waals surface area contributed by atoms with Crippen molar-refractivity contribution in [1.29, 1.82) is 0 Å². The monoisotopic (exact) mass is 160 g/mol. The molecule has 0 radical (unpaired) electrons. The second-order valence-corrected chi connectivity index (χ2v) is 4.48. The molecule has 1 unspecified atom stereocenters. The third kappa shape index (κ3) is 0.906. The van der Waals surface area contributed by atoms with Gasteiger partial charge in [0.2, 0.25) is 0 Å². The Morgan fingerprint density at radius 2 is 1.92 bits per heavy atom. The molecule has 0 saturated carbocycles. The molecule has 0 aliphatic heterocycles. The largest absolute Gasteiger partial charge is 0.0620 e. The van der Waals surface area contributed by atoms with Gasteiger partial charge in [-0.2, -0.15) is 0 Å². The fourth-order valence-electron chi connectivity index (χ4n) is 2.18. The first-order chi connectivity index (χ1) is 5.62. The number of fused-ring (bicyclic) bond motifs is 1. The predicted molar refractivity (Wildman–Crippen MR) is 52.3 cm³/mol. The van der Waals surface area contributed by atoms with E-state index >= 15 is 0 Å². The third-order valence-corrected chi connectivity index (χ3v) is 3.47. The average molecular weight is 160 g/mol. The molecule has 1 aliphatic rings. The zero-order valence-electron chi connectivity index (χ0n) is 8.09. The molecule has 1 aromatic carbocycles. The van der Waals surface area contributed by atoms with Gasteiger partial charge >= 0.3 is 0 Å². The fraction of sp³-hybridized carbons (Fsp3) is 0.500. The molecular weight excluding hydrogens is 144 g/mol. The zero-order valence-corrected chi connectivity index (χ0v) is 8.09. The Morgan fingerprint density at radius 3 is 2.58 bits per heavy atom. The second-order valence-electron chi connectivity index (χ2n) is 4.48. The lowest BCUT2D eigenvalue weighted by Gasteiger charge is -2.24. The van der Waals surface area contributed by atoms with Crippen LogP contribution in [0.4, 0.5) is 0 Å². The molecule has 12 heavy (non-hydrogen) atoms. The molecule has 0 N–H and O–H groups in total. The first-order valence-electron chi connectivity index (χ1n) is 4.71. The molecule has 2 rings (SSSR count). The smallest absolute Gasteiger partial charge is 0.00721 e. The van der Waals surface area contributed by atoms with Crippen LogP contribution in [0, 0.1) is 5.92 Å². The summed E-state index contributed by atoms with van der Waals surface area (Å²) in [6.07, 6.45) is 1.25. The Kier molecular flexibility index (Phi) is 1.54. The van der Waals surface area contributed by atoms with E-state index in [0.717, 1.165) is 5.92 Å². The van der Waals surface area contributed by atoms with Gasteiger partial charge in [0.1, 0.15) is 0 Å². The van der Waals surface area contributed by atoms with Gasteiger partial charge < -0.3 is 0 Å². The van der Waals surface area contributed by atoms with Crippen LogP contribution in [0.5, 0.6) is 0 Å². The van der Waals surface area contributed by atoms with E-state index in [-0.39, 0.29) is 0 Å². The van der Waals surface area contributed by atoms with Gasteiger partial charge in [0.25, 0.3) is 0 Å². The quantitative estimate of drug-likeness (QED) is 0.547. The van der Waals surface area contributed by atoms with Gasteiger partial charge in [0.15, 0.2) is 0 Å². The van der Waals surface area contributed by atoms with Gasteiger partial charge in [0.05, 0.1) is 0 Å². The molecule has 0 spiro atoms. The normalized spacial score (nSPS) is 25.4. The summed E-state index contributed by atoms with van der Waals surface area (Å²) in [7, 11) is 0. The number of hydrogen-bond acceptors (Lipinski definition) is 0. The zero-order chi connectivity index (χ0) is 8.77. The molecule has 0 heterocycles. The van der Waals surface area contributed by atoms with Crippen LogP contribution in [-0.2, 0) is 11.8 Å². The van der Waals surface area contributed by atoms with E-state index in [2.05, 4.69) is 45.0 Å². The first-order valence-corrected chi connectivity index (χ1v) is 4.71. The topological polar surface area (TPSA) is 0 Å². The summed E-state index contributed by atoms with van der Waals surface area (Å²) in [6.45, 7) is 7.05. The van der Waals surface area contributed by atoms with Crippen LogP contribution in [0.15, 0.2) is 24.3 Å². The van der Waals surface area contributed by atoms with Crippen LogP contribution >= 0.6 is 0 Å². The average Bonchev–Trinajstić information content (AvgIpc) is 2.25. The van der Waals surface area contributed by atoms with E-state index in [1.807, 2.05) is 0 Å². The van der Waals surface area contributed by atoms with E-state index in [4.69, 9.17) is 0 Å². The highest BCUT2D eigenvalue weighted by Crippen LogP contribution is 2.42. The minimum Gasteiger partial charge on any atom is -0.0620 e. The molecule has 1 aromatic rings. The van der Waals surface area contributed by atoms with Gasteiger partial charge in [-0.1, -0.05) is 45.0 Å². The van der Waals surface area contributed by atoms with Crippen LogP contribution in [-0.4, -0.2) is 0 Å². The van der Waals surface area contributed by atoms with Crippen molar-refractivity contribution in [2.75, 3.05) is 0 Å². The van der Waals surface area contributed by atoms with Crippen molar-refractivity contribution >= 4 is 0 Å². The molecule has 0 nitrogen and oxygen atoms in total. The molecule has 1 atom stereocenters. The molecule has 64 valence electrons. The standard InChI is InChI=1S/C12H16/c1-9-8-10-6-4-5-7-11(10)12(9,2)3/h4-7,9H,8H2,1-3H3. The summed E-state index contributed by atoms with van der Waals surface area (Å²) < 4.78 is 0. The predicted octanol–water partition coefficient (Wildman–Crippen LogP) is 3.16. The van der Waals surface area contributed by atoms with Gasteiger partial charge in [-0.3, -0.25) is 0 Å². The first kappa shape index (κ1) is 7.85. The second kappa shape index (κ2) is 2.35. The highest BCUT2D eigenvalue weighted by molar-refractivity contribution is 5.39. The lowest BCUT2D eigenvalue weighted by molar-refractivity contribution is 0.379. The lowest BCUT2D eigenvalue weighted by atomic mass is 9.80. The summed E-state index contributed by atoms with van der Waals surface area (Å²) in [5, 5.41) is 0. The summed E-state index contributed by atoms with van der Waals surface area (Å²) in [5.74, 6) is 0.787. The van der Waals surface area contributed by atoms with Gasteiger partial charge in [-0.25, -0.2) is 0 Å². The van der Waals surface area contributed by atoms with Crippen LogP contribution in [0.25, 0.3) is 0 Å². The van der Waals surface area contributed by atoms with Crippen molar-refractivity contribution < 1.29 is 0 Å². The Balaban J connectivity index is 2.55. The van der Waals surface area contributed by atoms with E-state index in [0.29, 0.717) is 5.41 Å². The van der Waals surface area contributed by atoms with Crippen LogP contribution in [0.2, 0.25) is 0 Å². The number of hydrogen-bond donors (Lipinski definition) is 0. The maximum absolute atomic E-state index is 2.35. The summed E-state index contributed by atoms with van der Waals surface area (Å²) in [6, 6.07) is 8.84. The van der Waals surface area contributed by atoms with Crippen LogP contribution in [0.1, 0.15) is 31.9 Å². The molecule has 1 aliphatic carbocycles. The van der Waals surface area contributed by atoms with Crippen molar-refractivity contribution in [2.45, 2.75) is 32.6 Å². The molecule has 0 amide bonds. The Hall–Kier alpha value is -0.780. The highest BCUT2D eigenvalue weighted by Gasteiger charge is 2.35. The summed E-state index contributed by atoms with van der Waals surface area (Å²) in [4.78, 5) is 0.